The van der Waals surface area contributed by atoms with E-state index in [2.05, 4.69) is 56.1 Å². The molecule has 1 amide bonds. The van der Waals surface area contributed by atoms with Crippen molar-refractivity contribution in [1.82, 2.24) is 25.1 Å². The van der Waals surface area contributed by atoms with Crippen LogP contribution >= 0.6 is 11.6 Å². The monoisotopic (exact) mass is 486 g/mol. The second-order valence-corrected chi connectivity index (χ2v) is 9.31. The van der Waals surface area contributed by atoms with Crippen molar-refractivity contribution in [3.05, 3.63) is 101 Å². The van der Waals surface area contributed by atoms with Crippen LogP contribution in [0, 0.1) is 5.92 Å². The zero-order valence-electron chi connectivity index (χ0n) is 19.3. The molecule has 1 aliphatic rings. The molecule has 1 aliphatic heterocycles. The highest BCUT2D eigenvalue weighted by atomic mass is 35.5. The minimum atomic E-state index is -0.261. The largest absolute Gasteiger partial charge is 0.322 e. The van der Waals surface area contributed by atoms with E-state index in [0.717, 1.165) is 31.0 Å². The molecule has 0 unspecified atom stereocenters. The zero-order chi connectivity index (χ0) is 24.0. The number of piperidine rings is 1. The molecule has 3 aromatic carbocycles. The first kappa shape index (κ1) is 23.2. The Morgan fingerprint density at radius 1 is 0.971 bits per heavy atom. The SMILES string of the molecule is O=C(Nc1cccc(-n2nnnc2CN2CCC(Cc3ccccc3)CC2)c1)c1ccccc1Cl. The van der Waals surface area contributed by atoms with Gasteiger partial charge in [-0.3, -0.25) is 9.69 Å². The molecule has 0 atom stereocenters. The second-order valence-electron chi connectivity index (χ2n) is 8.90. The van der Waals surface area contributed by atoms with E-state index < -0.39 is 0 Å². The van der Waals surface area contributed by atoms with Crippen LogP contribution in [0.5, 0.6) is 0 Å². The van der Waals surface area contributed by atoms with Crippen molar-refractivity contribution in [3.63, 3.8) is 0 Å². The first-order valence-corrected chi connectivity index (χ1v) is 12.2. The third kappa shape index (κ3) is 5.75. The number of likely N-dealkylation sites (tertiary alicyclic amines) is 1. The number of benzene rings is 3. The molecular weight excluding hydrogens is 460 g/mol. The quantitative estimate of drug-likeness (QED) is 0.397. The number of anilines is 1. The van der Waals surface area contributed by atoms with Crippen LogP contribution in [0.4, 0.5) is 5.69 Å². The van der Waals surface area contributed by atoms with Gasteiger partial charge in [0.2, 0.25) is 0 Å². The summed E-state index contributed by atoms with van der Waals surface area (Å²) in [4.78, 5) is 15.1. The minimum absolute atomic E-state index is 0.261. The summed E-state index contributed by atoms with van der Waals surface area (Å²) < 4.78 is 1.74. The molecule has 4 aromatic rings. The van der Waals surface area contributed by atoms with Crippen LogP contribution in [0.25, 0.3) is 5.69 Å². The molecule has 178 valence electrons. The van der Waals surface area contributed by atoms with Crippen LogP contribution in [0.1, 0.15) is 34.6 Å². The lowest BCUT2D eigenvalue weighted by Gasteiger charge is -2.31. The van der Waals surface area contributed by atoms with Gasteiger partial charge in [-0.15, -0.1) is 5.10 Å². The first-order valence-electron chi connectivity index (χ1n) is 11.9. The van der Waals surface area contributed by atoms with Crippen molar-refractivity contribution >= 4 is 23.2 Å². The number of halogens is 1. The Morgan fingerprint density at radius 3 is 2.54 bits per heavy atom. The van der Waals surface area contributed by atoms with E-state index in [0.29, 0.717) is 28.7 Å². The van der Waals surface area contributed by atoms with E-state index in [1.54, 1.807) is 28.9 Å². The maximum absolute atomic E-state index is 12.7. The standard InChI is InChI=1S/C27H27ClN6O/c28-25-12-5-4-11-24(25)27(35)29-22-9-6-10-23(18-22)34-26(30-31-32-34)19-33-15-13-21(14-16-33)17-20-7-2-1-3-8-20/h1-12,18,21H,13-17,19H2,(H,29,35). The van der Waals surface area contributed by atoms with Gasteiger partial charge in [-0.2, -0.15) is 4.68 Å². The molecule has 7 nitrogen and oxygen atoms in total. The molecule has 0 saturated carbocycles. The minimum Gasteiger partial charge on any atom is -0.322 e. The second kappa shape index (κ2) is 10.8. The predicted molar refractivity (Wildman–Crippen MR) is 137 cm³/mol. The Hall–Kier alpha value is -3.55. The summed E-state index contributed by atoms with van der Waals surface area (Å²) in [6, 6.07) is 25.2. The molecular formula is C27H27ClN6O. The van der Waals surface area contributed by atoms with Gasteiger partial charge < -0.3 is 5.32 Å². The van der Waals surface area contributed by atoms with Crippen LogP contribution in [-0.2, 0) is 13.0 Å². The van der Waals surface area contributed by atoms with E-state index in [4.69, 9.17) is 11.6 Å². The molecule has 0 radical (unpaired) electrons. The van der Waals surface area contributed by atoms with Crippen LogP contribution in [0.2, 0.25) is 5.02 Å². The van der Waals surface area contributed by atoms with Gasteiger partial charge in [0, 0.05) is 5.69 Å². The fraction of sp³-hybridized carbons (Fsp3) is 0.259. The number of amides is 1. The van der Waals surface area contributed by atoms with E-state index >= 15 is 0 Å². The number of nitrogens with one attached hydrogen (secondary N) is 1. The van der Waals surface area contributed by atoms with Crippen LogP contribution in [-0.4, -0.2) is 44.1 Å². The lowest BCUT2D eigenvalue weighted by Crippen LogP contribution is -2.34. The normalized spacial score (nSPS) is 14.7. The third-order valence-electron chi connectivity index (χ3n) is 6.44. The van der Waals surface area contributed by atoms with Crippen molar-refractivity contribution in [1.29, 1.82) is 0 Å². The summed E-state index contributed by atoms with van der Waals surface area (Å²) in [5.41, 5.74) is 3.28. The van der Waals surface area contributed by atoms with Crippen molar-refractivity contribution in [3.8, 4) is 5.69 Å². The number of carbonyl (C=O) groups excluding carboxylic acids is 1. The van der Waals surface area contributed by atoms with E-state index in [1.165, 1.54) is 18.4 Å². The van der Waals surface area contributed by atoms with Gasteiger partial charge in [-0.05, 0) is 84.6 Å². The highest BCUT2D eigenvalue weighted by molar-refractivity contribution is 6.34. The van der Waals surface area contributed by atoms with E-state index in [-0.39, 0.29) is 5.91 Å². The number of hydrogen-bond acceptors (Lipinski definition) is 5. The van der Waals surface area contributed by atoms with E-state index in [9.17, 15) is 4.79 Å². The molecule has 8 heteroatoms. The number of hydrogen-bond donors (Lipinski definition) is 1. The van der Waals surface area contributed by atoms with Crippen LogP contribution < -0.4 is 5.32 Å². The summed E-state index contributed by atoms with van der Waals surface area (Å²) in [7, 11) is 0. The van der Waals surface area contributed by atoms with Gasteiger partial charge >= 0.3 is 0 Å². The van der Waals surface area contributed by atoms with Gasteiger partial charge in [0.25, 0.3) is 5.91 Å². The highest BCUT2D eigenvalue weighted by Gasteiger charge is 2.22. The topological polar surface area (TPSA) is 75.9 Å². The molecule has 1 fully saturated rings. The Labute approximate surface area is 209 Å². The third-order valence-corrected chi connectivity index (χ3v) is 6.77. The molecule has 0 aliphatic carbocycles. The van der Waals surface area contributed by atoms with Gasteiger partial charge in [-0.1, -0.05) is 60.1 Å². The number of carbonyl (C=O) groups is 1. The van der Waals surface area contributed by atoms with Crippen LogP contribution in [0.15, 0.2) is 78.9 Å². The fourth-order valence-corrected chi connectivity index (χ4v) is 4.78. The number of rotatable bonds is 7. The lowest BCUT2D eigenvalue weighted by molar-refractivity contribution is 0.102. The fourth-order valence-electron chi connectivity index (χ4n) is 4.56. The van der Waals surface area contributed by atoms with Gasteiger partial charge in [-0.25, -0.2) is 0 Å². The maximum atomic E-state index is 12.7. The number of aromatic nitrogens is 4. The van der Waals surface area contributed by atoms with Gasteiger partial charge in [0.15, 0.2) is 5.82 Å². The van der Waals surface area contributed by atoms with Crippen LogP contribution in [0.3, 0.4) is 0 Å². The molecule has 0 bridgehead atoms. The summed E-state index contributed by atoms with van der Waals surface area (Å²) >= 11 is 6.16. The Kier molecular flexibility index (Phi) is 7.16. The van der Waals surface area contributed by atoms with Crippen molar-refractivity contribution in [2.75, 3.05) is 18.4 Å². The first-order chi connectivity index (χ1) is 17.2. The maximum Gasteiger partial charge on any atom is 0.257 e. The van der Waals surface area contributed by atoms with Gasteiger partial charge in [0.1, 0.15) is 0 Å². The van der Waals surface area contributed by atoms with Gasteiger partial charge in [0.05, 0.1) is 22.8 Å². The molecule has 0 spiro atoms. The van der Waals surface area contributed by atoms with Crippen molar-refractivity contribution < 1.29 is 4.79 Å². The predicted octanol–water partition coefficient (Wildman–Crippen LogP) is 5.02. The average Bonchev–Trinajstić information content (AvgIpc) is 3.34. The smallest absolute Gasteiger partial charge is 0.257 e. The number of tetrazole rings is 1. The summed E-state index contributed by atoms with van der Waals surface area (Å²) in [5, 5.41) is 15.7. The van der Waals surface area contributed by atoms with E-state index in [1.807, 2.05) is 24.3 Å². The summed E-state index contributed by atoms with van der Waals surface area (Å²) in [6.45, 7) is 2.73. The van der Waals surface area contributed by atoms with Crippen molar-refractivity contribution in [2.45, 2.75) is 25.8 Å². The Morgan fingerprint density at radius 2 is 1.74 bits per heavy atom. The lowest BCUT2D eigenvalue weighted by atomic mass is 9.90. The van der Waals surface area contributed by atoms with Crippen molar-refractivity contribution in [2.24, 2.45) is 5.92 Å². The molecule has 1 N–H and O–H groups in total. The molecule has 5 rings (SSSR count). The molecule has 35 heavy (non-hydrogen) atoms. The Bertz CT molecular complexity index is 1280. The summed E-state index contributed by atoms with van der Waals surface area (Å²) in [6.07, 6.45) is 3.47. The Balaban J connectivity index is 1.22. The number of nitrogens with zero attached hydrogens (tertiary/aromatic N) is 5. The average molecular weight is 487 g/mol. The summed E-state index contributed by atoms with van der Waals surface area (Å²) in [5.74, 6) is 1.23. The molecule has 2 heterocycles. The molecule has 1 saturated heterocycles. The molecule has 1 aromatic heterocycles. The highest BCUT2D eigenvalue weighted by Crippen LogP contribution is 2.24. The zero-order valence-corrected chi connectivity index (χ0v) is 20.1.